The number of halogens is 2. The molecule has 8 heteroatoms. The quantitative estimate of drug-likeness (QED) is 0.645. The summed E-state index contributed by atoms with van der Waals surface area (Å²) in [4.78, 5) is 23.1. The molecule has 1 saturated heterocycles. The number of amides is 1. The Morgan fingerprint density at radius 1 is 1.17 bits per heavy atom. The average molecular weight is 436 g/mol. The maximum Gasteiger partial charge on any atom is 0.234 e. The third-order valence-corrected chi connectivity index (χ3v) is 5.50. The first-order valence-electron chi connectivity index (χ1n) is 9.84. The van der Waals surface area contributed by atoms with Crippen LogP contribution in [0.15, 0.2) is 42.6 Å². The molecule has 1 aliphatic rings. The van der Waals surface area contributed by atoms with Gasteiger partial charge in [-0.15, -0.1) is 0 Å². The van der Waals surface area contributed by atoms with Crippen molar-refractivity contribution in [3.05, 3.63) is 52.6 Å². The largest absolute Gasteiger partial charge is 0.375 e. The van der Waals surface area contributed by atoms with Gasteiger partial charge < -0.3 is 15.1 Å². The zero-order valence-corrected chi connectivity index (χ0v) is 18.2. The zero-order valence-electron chi connectivity index (χ0n) is 16.7. The number of aromatic nitrogens is 1. The lowest BCUT2D eigenvalue weighted by Crippen LogP contribution is -2.50. The maximum absolute atomic E-state index is 12.2. The molecule has 0 saturated carbocycles. The van der Waals surface area contributed by atoms with E-state index in [-0.39, 0.29) is 5.91 Å². The average Bonchev–Trinajstić information content (AvgIpc) is 2.72. The first kappa shape index (κ1) is 21.7. The highest BCUT2D eigenvalue weighted by atomic mass is 35.5. The van der Waals surface area contributed by atoms with Crippen molar-refractivity contribution in [1.82, 2.24) is 15.2 Å². The van der Waals surface area contributed by atoms with Gasteiger partial charge in [-0.3, -0.25) is 9.69 Å². The summed E-state index contributed by atoms with van der Waals surface area (Å²) in [5.41, 5.74) is 1.19. The van der Waals surface area contributed by atoms with Gasteiger partial charge in [0, 0.05) is 58.2 Å². The van der Waals surface area contributed by atoms with E-state index in [1.807, 2.05) is 18.2 Å². The van der Waals surface area contributed by atoms with Crippen molar-refractivity contribution in [2.24, 2.45) is 0 Å². The molecule has 29 heavy (non-hydrogen) atoms. The molecule has 1 fully saturated rings. The van der Waals surface area contributed by atoms with Crippen LogP contribution in [0.4, 0.5) is 11.5 Å². The summed E-state index contributed by atoms with van der Waals surface area (Å²) in [6.45, 7) is 5.16. The summed E-state index contributed by atoms with van der Waals surface area (Å²) in [6.07, 6.45) is 2.52. The second-order valence-corrected chi connectivity index (χ2v) is 8.03. The Morgan fingerprint density at radius 2 is 1.90 bits per heavy atom. The number of piperazine rings is 1. The normalized spacial score (nSPS) is 14.7. The number of pyridine rings is 1. The minimum absolute atomic E-state index is 0.0727. The van der Waals surface area contributed by atoms with E-state index in [0.29, 0.717) is 23.1 Å². The Bertz CT molecular complexity index is 797. The Hall–Kier alpha value is -2.02. The Balaban J connectivity index is 1.33. The number of nitrogens with zero attached hydrogens (tertiary/aromatic N) is 4. The Kier molecular flexibility index (Phi) is 7.98. The van der Waals surface area contributed by atoms with Crippen LogP contribution in [-0.2, 0) is 4.79 Å². The van der Waals surface area contributed by atoms with E-state index >= 15 is 0 Å². The molecule has 0 spiro atoms. The number of hydrogen-bond donors (Lipinski definition) is 1. The van der Waals surface area contributed by atoms with Gasteiger partial charge in [0.25, 0.3) is 0 Å². The van der Waals surface area contributed by atoms with E-state index in [1.165, 1.54) is 5.69 Å². The molecule has 0 aliphatic carbocycles. The first-order valence-corrected chi connectivity index (χ1v) is 10.6. The molecule has 1 N–H and O–H groups in total. The summed E-state index contributed by atoms with van der Waals surface area (Å²) in [6, 6.07) is 12.0. The third kappa shape index (κ3) is 6.49. The molecule has 6 nitrogen and oxygen atoms in total. The van der Waals surface area contributed by atoms with Crippen molar-refractivity contribution in [2.45, 2.75) is 6.42 Å². The van der Waals surface area contributed by atoms with Gasteiger partial charge in [0.15, 0.2) is 0 Å². The molecule has 2 aromatic rings. The van der Waals surface area contributed by atoms with Crippen molar-refractivity contribution in [2.75, 3.05) is 62.7 Å². The molecular formula is C21H27Cl2N5O. The summed E-state index contributed by atoms with van der Waals surface area (Å²) in [7, 11) is 2.07. The lowest BCUT2D eigenvalue weighted by Gasteiger charge is -2.35. The fourth-order valence-electron chi connectivity index (χ4n) is 3.37. The lowest BCUT2D eigenvalue weighted by atomic mass is 10.3. The summed E-state index contributed by atoms with van der Waals surface area (Å²) in [5.74, 6) is 0.825. The fraction of sp³-hybridized carbons (Fsp3) is 0.429. The Labute approximate surface area is 182 Å². The number of para-hydroxylation sites is 1. The van der Waals surface area contributed by atoms with Crippen molar-refractivity contribution in [3.63, 3.8) is 0 Å². The number of carbonyl (C=O) groups is 1. The molecule has 0 unspecified atom stereocenters. The predicted molar refractivity (Wildman–Crippen MR) is 120 cm³/mol. The van der Waals surface area contributed by atoms with E-state index < -0.39 is 0 Å². The second-order valence-electron chi connectivity index (χ2n) is 7.18. The molecule has 0 bridgehead atoms. The fourth-order valence-corrected chi connectivity index (χ4v) is 3.87. The van der Waals surface area contributed by atoms with E-state index in [0.717, 1.165) is 45.0 Å². The van der Waals surface area contributed by atoms with Crippen LogP contribution < -0.4 is 15.1 Å². The van der Waals surface area contributed by atoms with Crippen LogP contribution in [-0.4, -0.2) is 68.7 Å². The maximum atomic E-state index is 12.2. The second kappa shape index (κ2) is 10.7. The topological polar surface area (TPSA) is 51.7 Å². The van der Waals surface area contributed by atoms with Crippen LogP contribution >= 0.6 is 23.2 Å². The molecule has 0 radical (unpaired) electrons. The number of nitrogens with one attached hydrogen (secondary N) is 1. The molecule has 1 aromatic heterocycles. The number of benzene rings is 1. The molecule has 1 amide bonds. The minimum Gasteiger partial charge on any atom is -0.375 e. The number of anilines is 2. The van der Waals surface area contributed by atoms with E-state index in [9.17, 15) is 4.79 Å². The molecule has 2 heterocycles. The lowest BCUT2D eigenvalue weighted by molar-refractivity contribution is -0.122. The minimum atomic E-state index is 0.0727. The van der Waals surface area contributed by atoms with Crippen LogP contribution in [0.1, 0.15) is 6.42 Å². The first-order chi connectivity index (χ1) is 14.0. The number of rotatable bonds is 8. The third-order valence-electron chi connectivity index (χ3n) is 5.02. The molecular weight excluding hydrogens is 409 g/mol. The summed E-state index contributed by atoms with van der Waals surface area (Å²) >= 11 is 12.2. The SMILES string of the molecule is CN(CCCNC(=O)CN1CCN(c2ncc(Cl)cc2Cl)CC1)c1ccccc1. The van der Waals surface area contributed by atoms with E-state index in [4.69, 9.17) is 23.2 Å². The predicted octanol–water partition coefficient (Wildman–Crippen LogP) is 3.15. The van der Waals surface area contributed by atoms with Crippen molar-refractivity contribution in [1.29, 1.82) is 0 Å². The zero-order chi connectivity index (χ0) is 20.6. The van der Waals surface area contributed by atoms with Crippen LogP contribution in [0.25, 0.3) is 0 Å². The molecule has 156 valence electrons. The van der Waals surface area contributed by atoms with Crippen LogP contribution in [0.2, 0.25) is 10.0 Å². The van der Waals surface area contributed by atoms with Gasteiger partial charge in [-0.05, 0) is 24.6 Å². The van der Waals surface area contributed by atoms with E-state index in [2.05, 4.69) is 44.2 Å². The van der Waals surface area contributed by atoms with Gasteiger partial charge in [-0.2, -0.15) is 0 Å². The summed E-state index contributed by atoms with van der Waals surface area (Å²) in [5, 5.41) is 4.12. The van der Waals surface area contributed by atoms with Crippen molar-refractivity contribution in [3.8, 4) is 0 Å². The molecule has 3 rings (SSSR count). The van der Waals surface area contributed by atoms with Gasteiger partial charge in [-0.25, -0.2) is 4.98 Å². The molecule has 0 atom stereocenters. The van der Waals surface area contributed by atoms with Crippen molar-refractivity contribution < 1.29 is 4.79 Å². The monoisotopic (exact) mass is 435 g/mol. The number of carbonyl (C=O) groups excluding carboxylic acids is 1. The van der Waals surface area contributed by atoms with Gasteiger partial charge >= 0.3 is 0 Å². The van der Waals surface area contributed by atoms with Gasteiger partial charge in [0.1, 0.15) is 5.82 Å². The van der Waals surface area contributed by atoms with Crippen LogP contribution in [0.5, 0.6) is 0 Å². The van der Waals surface area contributed by atoms with Gasteiger partial charge in [0.2, 0.25) is 5.91 Å². The highest BCUT2D eigenvalue weighted by molar-refractivity contribution is 6.36. The summed E-state index contributed by atoms with van der Waals surface area (Å²) < 4.78 is 0. The number of hydrogen-bond acceptors (Lipinski definition) is 5. The molecule has 1 aromatic carbocycles. The van der Waals surface area contributed by atoms with Gasteiger partial charge in [0.05, 0.1) is 16.6 Å². The van der Waals surface area contributed by atoms with Crippen LogP contribution in [0, 0.1) is 0 Å². The molecule has 1 aliphatic heterocycles. The highest BCUT2D eigenvalue weighted by Gasteiger charge is 2.21. The van der Waals surface area contributed by atoms with Crippen LogP contribution in [0.3, 0.4) is 0 Å². The standard InChI is InChI=1S/C21H27Cl2N5O/c1-26(18-6-3-2-4-7-18)9-5-8-24-20(29)16-27-10-12-28(13-11-27)21-19(23)14-17(22)15-25-21/h2-4,6-7,14-15H,5,8-13,16H2,1H3,(H,24,29). The Morgan fingerprint density at radius 3 is 2.59 bits per heavy atom. The van der Waals surface area contributed by atoms with E-state index in [1.54, 1.807) is 12.3 Å². The van der Waals surface area contributed by atoms with Gasteiger partial charge in [-0.1, -0.05) is 41.4 Å². The van der Waals surface area contributed by atoms with Crippen molar-refractivity contribution >= 4 is 40.6 Å². The smallest absolute Gasteiger partial charge is 0.234 e. The highest BCUT2D eigenvalue weighted by Crippen LogP contribution is 2.26.